The summed E-state index contributed by atoms with van der Waals surface area (Å²) in [6.45, 7) is 1.82. The Bertz CT molecular complexity index is 221. The van der Waals surface area contributed by atoms with Gasteiger partial charge in [-0.05, 0) is 18.3 Å². The number of ether oxygens (including phenoxy) is 1. The van der Waals surface area contributed by atoms with Crippen molar-refractivity contribution in [3.63, 3.8) is 0 Å². The molecule has 1 saturated heterocycles. The molecule has 1 unspecified atom stereocenters. The van der Waals surface area contributed by atoms with E-state index in [4.69, 9.17) is 4.74 Å². The summed E-state index contributed by atoms with van der Waals surface area (Å²) >= 11 is 0. The molecule has 2 aliphatic rings. The third-order valence-corrected chi connectivity index (χ3v) is 3.90. The zero-order valence-corrected chi connectivity index (χ0v) is 8.84. The van der Waals surface area contributed by atoms with E-state index in [1.165, 1.54) is 39.2 Å². The van der Waals surface area contributed by atoms with Gasteiger partial charge in [-0.1, -0.05) is 19.3 Å². The lowest BCUT2D eigenvalue weighted by Crippen LogP contribution is -2.37. The SMILES string of the molecule is COC(=O)C1CNCC12CCCCC2. The number of nitrogens with one attached hydrogen (secondary N) is 1. The molecular formula is C11H19NO2. The van der Waals surface area contributed by atoms with Gasteiger partial charge in [-0.25, -0.2) is 0 Å². The summed E-state index contributed by atoms with van der Waals surface area (Å²) in [4.78, 5) is 11.6. The van der Waals surface area contributed by atoms with Gasteiger partial charge in [0.1, 0.15) is 0 Å². The van der Waals surface area contributed by atoms with Crippen molar-refractivity contribution in [1.29, 1.82) is 0 Å². The van der Waals surface area contributed by atoms with Crippen molar-refractivity contribution in [2.45, 2.75) is 32.1 Å². The number of carbonyl (C=O) groups is 1. The molecule has 80 valence electrons. The molecular weight excluding hydrogens is 178 g/mol. The minimum atomic E-state index is -0.0168. The van der Waals surface area contributed by atoms with Gasteiger partial charge in [-0.3, -0.25) is 4.79 Å². The van der Waals surface area contributed by atoms with Crippen molar-refractivity contribution < 1.29 is 9.53 Å². The van der Waals surface area contributed by atoms with Crippen LogP contribution in [0.2, 0.25) is 0 Å². The van der Waals surface area contributed by atoms with Crippen LogP contribution in [0.25, 0.3) is 0 Å². The zero-order chi connectivity index (χ0) is 10.0. The number of rotatable bonds is 1. The smallest absolute Gasteiger partial charge is 0.310 e. The first kappa shape index (κ1) is 9.97. The fourth-order valence-electron chi connectivity index (χ4n) is 3.06. The summed E-state index contributed by atoms with van der Waals surface area (Å²) in [6.07, 6.45) is 6.26. The summed E-state index contributed by atoms with van der Waals surface area (Å²) in [6, 6.07) is 0. The summed E-state index contributed by atoms with van der Waals surface area (Å²) in [5, 5.41) is 3.35. The number of carbonyl (C=O) groups excluding carboxylic acids is 1. The lowest BCUT2D eigenvalue weighted by molar-refractivity contribution is -0.149. The van der Waals surface area contributed by atoms with Crippen molar-refractivity contribution >= 4 is 5.97 Å². The molecule has 0 amide bonds. The first-order valence-electron chi connectivity index (χ1n) is 5.57. The summed E-state index contributed by atoms with van der Waals surface area (Å²) in [5.74, 6) is 0.0877. The Morgan fingerprint density at radius 2 is 2.07 bits per heavy atom. The van der Waals surface area contributed by atoms with Crippen LogP contribution in [0.15, 0.2) is 0 Å². The Kier molecular flexibility index (Phi) is 2.77. The van der Waals surface area contributed by atoms with Crippen LogP contribution in [-0.4, -0.2) is 26.2 Å². The van der Waals surface area contributed by atoms with Crippen molar-refractivity contribution in [3.05, 3.63) is 0 Å². The minimum Gasteiger partial charge on any atom is -0.469 e. The normalized spacial score (nSPS) is 30.5. The fraction of sp³-hybridized carbons (Fsp3) is 0.909. The average Bonchev–Trinajstić information content (AvgIpc) is 2.62. The Labute approximate surface area is 85.2 Å². The second kappa shape index (κ2) is 3.89. The number of hydrogen-bond acceptors (Lipinski definition) is 3. The lowest BCUT2D eigenvalue weighted by Gasteiger charge is -2.36. The maximum Gasteiger partial charge on any atom is 0.310 e. The van der Waals surface area contributed by atoms with Gasteiger partial charge in [0.25, 0.3) is 0 Å². The van der Waals surface area contributed by atoms with E-state index >= 15 is 0 Å². The number of esters is 1. The van der Waals surface area contributed by atoms with E-state index in [1.54, 1.807) is 0 Å². The molecule has 3 heteroatoms. The van der Waals surface area contributed by atoms with Crippen molar-refractivity contribution in [1.82, 2.24) is 5.32 Å². The molecule has 0 bridgehead atoms. The predicted octanol–water partition coefficient (Wildman–Crippen LogP) is 1.33. The molecule has 1 atom stereocenters. The molecule has 1 heterocycles. The third kappa shape index (κ3) is 1.54. The maximum atomic E-state index is 11.6. The summed E-state index contributed by atoms with van der Waals surface area (Å²) < 4.78 is 4.88. The molecule has 14 heavy (non-hydrogen) atoms. The van der Waals surface area contributed by atoms with E-state index in [9.17, 15) is 4.79 Å². The quantitative estimate of drug-likeness (QED) is 0.644. The second-order valence-electron chi connectivity index (χ2n) is 4.63. The van der Waals surface area contributed by atoms with E-state index in [-0.39, 0.29) is 17.3 Å². The Balaban J connectivity index is 2.11. The van der Waals surface area contributed by atoms with E-state index in [2.05, 4.69) is 5.32 Å². The molecule has 1 aliphatic heterocycles. The van der Waals surface area contributed by atoms with Gasteiger partial charge in [0.2, 0.25) is 0 Å². The Morgan fingerprint density at radius 3 is 2.71 bits per heavy atom. The van der Waals surface area contributed by atoms with Crippen LogP contribution in [-0.2, 0) is 9.53 Å². The standard InChI is InChI=1S/C11H19NO2/c1-14-10(13)9-7-12-8-11(9)5-3-2-4-6-11/h9,12H,2-8H2,1H3. The Hall–Kier alpha value is -0.570. The maximum absolute atomic E-state index is 11.6. The van der Waals surface area contributed by atoms with Crippen molar-refractivity contribution in [2.75, 3.05) is 20.2 Å². The average molecular weight is 197 g/mol. The monoisotopic (exact) mass is 197 g/mol. The van der Waals surface area contributed by atoms with Crippen molar-refractivity contribution in [2.24, 2.45) is 11.3 Å². The fourth-order valence-corrected chi connectivity index (χ4v) is 3.06. The van der Waals surface area contributed by atoms with Gasteiger partial charge in [0.15, 0.2) is 0 Å². The van der Waals surface area contributed by atoms with Gasteiger partial charge < -0.3 is 10.1 Å². The lowest BCUT2D eigenvalue weighted by atomic mass is 9.68. The highest BCUT2D eigenvalue weighted by Crippen LogP contribution is 2.45. The molecule has 0 aromatic carbocycles. The van der Waals surface area contributed by atoms with Gasteiger partial charge in [-0.15, -0.1) is 0 Å². The van der Waals surface area contributed by atoms with Gasteiger partial charge >= 0.3 is 5.97 Å². The molecule has 1 saturated carbocycles. The Morgan fingerprint density at radius 1 is 1.36 bits per heavy atom. The van der Waals surface area contributed by atoms with Crippen LogP contribution < -0.4 is 5.32 Å². The van der Waals surface area contributed by atoms with E-state index in [1.807, 2.05) is 0 Å². The molecule has 2 rings (SSSR count). The molecule has 3 nitrogen and oxygen atoms in total. The zero-order valence-electron chi connectivity index (χ0n) is 8.84. The molecule has 2 fully saturated rings. The van der Waals surface area contributed by atoms with Gasteiger partial charge in [0, 0.05) is 13.1 Å². The molecule has 1 spiro atoms. The van der Waals surface area contributed by atoms with Crippen molar-refractivity contribution in [3.8, 4) is 0 Å². The molecule has 1 N–H and O–H groups in total. The molecule has 0 aromatic rings. The van der Waals surface area contributed by atoms with Crippen LogP contribution in [0.1, 0.15) is 32.1 Å². The number of methoxy groups -OCH3 is 1. The first-order valence-corrected chi connectivity index (χ1v) is 5.57. The highest BCUT2D eigenvalue weighted by Gasteiger charge is 2.47. The van der Waals surface area contributed by atoms with Crippen LogP contribution in [0.3, 0.4) is 0 Å². The summed E-state index contributed by atoms with van der Waals surface area (Å²) in [5.41, 5.74) is 0.228. The van der Waals surface area contributed by atoms with Gasteiger partial charge in [-0.2, -0.15) is 0 Å². The van der Waals surface area contributed by atoms with E-state index in [0.29, 0.717) is 0 Å². The highest BCUT2D eigenvalue weighted by atomic mass is 16.5. The highest BCUT2D eigenvalue weighted by molar-refractivity contribution is 5.74. The van der Waals surface area contributed by atoms with Crippen LogP contribution in [0.5, 0.6) is 0 Å². The minimum absolute atomic E-state index is 0.0168. The van der Waals surface area contributed by atoms with Crippen LogP contribution in [0.4, 0.5) is 0 Å². The van der Waals surface area contributed by atoms with E-state index in [0.717, 1.165) is 13.1 Å². The largest absolute Gasteiger partial charge is 0.469 e. The van der Waals surface area contributed by atoms with Crippen LogP contribution >= 0.6 is 0 Å². The molecule has 1 aliphatic carbocycles. The molecule has 0 aromatic heterocycles. The topological polar surface area (TPSA) is 38.3 Å². The van der Waals surface area contributed by atoms with E-state index < -0.39 is 0 Å². The summed E-state index contributed by atoms with van der Waals surface area (Å²) in [7, 11) is 1.50. The second-order valence-corrected chi connectivity index (χ2v) is 4.63. The van der Waals surface area contributed by atoms with Crippen LogP contribution in [0, 0.1) is 11.3 Å². The first-order chi connectivity index (χ1) is 6.78. The number of hydrogen-bond donors (Lipinski definition) is 1. The predicted molar refractivity (Wildman–Crippen MR) is 53.9 cm³/mol. The van der Waals surface area contributed by atoms with Gasteiger partial charge in [0.05, 0.1) is 13.0 Å². The molecule has 0 radical (unpaired) electrons. The third-order valence-electron chi connectivity index (χ3n) is 3.90.